The zero-order chi connectivity index (χ0) is 13.0. The summed E-state index contributed by atoms with van der Waals surface area (Å²) in [5.74, 6) is 1.70. The molecule has 2 amide bonds. The number of carbonyl (C=O) groups is 2. The highest BCUT2D eigenvalue weighted by Gasteiger charge is 2.28. The summed E-state index contributed by atoms with van der Waals surface area (Å²) in [5.41, 5.74) is 0. The molecule has 2 heterocycles. The number of carboxylic acids is 1. The Balaban J connectivity index is 1.75. The maximum Gasteiger partial charge on any atom is 0.317 e. The minimum absolute atomic E-state index is 0.0992. The molecular formula is C12H20N2O3S. The van der Waals surface area contributed by atoms with Gasteiger partial charge < -0.3 is 15.3 Å². The Kier molecular flexibility index (Phi) is 4.74. The van der Waals surface area contributed by atoms with Crippen LogP contribution in [-0.2, 0) is 4.79 Å². The molecule has 0 bridgehead atoms. The SMILES string of the molecule is O=C(O)[C@@H]1CCCN(C(=O)NCC2CCSC2)C1. The van der Waals surface area contributed by atoms with Crippen LogP contribution in [0.15, 0.2) is 0 Å². The number of carbonyl (C=O) groups excluding carboxylic acids is 1. The Morgan fingerprint density at radius 3 is 2.89 bits per heavy atom. The molecular weight excluding hydrogens is 252 g/mol. The molecule has 0 aliphatic carbocycles. The van der Waals surface area contributed by atoms with Gasteiger partial charge in [-0.15, -0.1) is 0 Å². The largest absolute Gasteiger partial charge is 0.481 e. The van der Waals surface area contributed by atoms with Gasteiger partial charge in [0, 0.05) is 19.6 Å². The fourth-order valence-corrected chi connectivity index (χ4v) is 3.74. The Hall–Kier alpha value is -0.910. The summed E-state index contributed by atoms with van der Waals surface area (Å²) in [7, 11) is 0. The smallest absolute Gasteiger partial charge is 0.317 e. The lowest BCUT2D eigenvalue weighted by Gasteiger charge is -2.31. The lowest BCUT2D eigenvalue weighted by molar-refractivity contribution is -0.143. The predicted molar refractivity (Wildman–Crippen MR) is 70.8 cm³/mol. The second kappa shape index (κ2) is 6.31. The van der Waals surface area contributed by atoms with Crippen LogP contribution in [0.25, 0.3) is 0 Å². The van der Waals surface area contributed by atoms with Crippen LogP contribution in [0.1, 0.15) is 19.3 Å². The van der Waals surface area contributed by atoms with E-state index in [2.05, 4.69) is 5.32 Å². The van der Waals surface area contributed by atoms with Gasteiger partial charge in [0.15, 0.2) is 0 Å². The van der Waals surface area contributed by atoms with Crippen molar-refractivity contribution < 1.29 is 14.7 Å². The summed E-state index contributed by atoms with van der Waals surface area (Å²) >= 11 is 1.93. The number of aliphatic carboxylic acids is 1. The van der Waals surface area contributed by atoms with Gasteiger partial charge in [-0.1, -0.05) is 0 Å². The number of likely N-dealkylation sites (tertiary alicyclic amines) is 1. The molecule has 1 unspecified atom stereocenters. The fourth-order valence-electron chi connectivity index (χ4n) is 2.45. The summed E-state index contributed by atoms with van der Waals surface area (Å²) in [6, 6.07) is -0.0992. The van der Waals surface area contributed by atoms with Crippen LogP contribution in [-0.4, -0.2) is 53.1 Å². The number of thioether (sulfide) groups is 1. The van der Waals surface area contributed by atoms with Crippen LogP contribution in [0.2, 0.25) is 0 Å². The van der Waals surface area contributed by atoms with E-state index in [1.807, 2.05) is 11.8 Å². The van der Waals surface area contributed by atoms with Gasteiger partial charge in [0.2, 0.25) is 0 Å². The molecule has 2 rings (SSSR count). The minimum atomic E-state index is -0.792. The van der Waals surface area contributed by atoms with E-state index in [1.165, 1.54) is 12.2 Å². The lowest BCUT2D eigenvalue weighted by Crippen LogP contribution is -2.48. The summed E-state index contributed by atoms with van der Waals surface area (Å²) < 4.78 is 0. The lowest BCUT2D eigenvalue weighted by atomic mass is 9.99. The number of nitrogens with one attached hydrogen (secondary N) is 1. The molecule has 0 aromatic heterocycles. The number of rotatable bonds is 3. The van der Waals surface area contributed by atoms with Crippen LogP contribution < -0.4 is 5.32 Å². The summed E-state index contributed by atoms with van der Waals surface area (Å²) in [5, 5.41) is 11.9. The van der Waals surface area contributed by atoms with Crippen molar-refractivity contribution in [2.75, 3.05) is 31.1 Å². The van der Waals surface area contributed by atoms with Crippen molar-refractivity contribution in [3.63, 3.8) is 0 Å². The maximum atomic E-state index is 11.9. The zero-order valence-electron chi connectivity index (χ0n) is 10.4. The molecule has 2 fully saturated rings. The normalized spacial score (nSPS) is 28.1. The molecule has 0 spiro atoms. The Bertz CT molecular complexity index is 318. The van der Waals surface area contributed by atoms with E-state index >= 15 is 0 Å². The highest BCUT2D eigenvalue weighted by atomic mass is 32.2. The summed E-state index contributed by atoms with van der Waals surface area (Å²) in [4.78, 5) is 24.5. The van der Waals surface area contributed by atoms with Gasteiger partial charge in [-0.3, -0.25) is 4.79 Å². The maximum absolute atomic E-state index is 11.9. The van der Waals surface area contributed by atoms with Crippen molar-refractivity contribution in [3.8, 4) is 0 Å². The first-order valence-corrected chi connectivity index (χ1v) is 7.65. The highest BCUT2D eigenvalue weighted by Crippen LogP contribution is 2.22. The summed E-state index contributed by atoms with van der Waals surface area (Å²) in [6.07, 6.45) is 2.63. The molecule has 5 nitrogen and oxygen atoms in total. The summed E-state index contributed by atoms with van der Waals surface area (Å²) in [6.45, 7) is 1.75. The molecule has 6 heteroatoms. The van der Waals surface area contributed by atoms with Crippen LogP contribution in [0.3, 0.4) is 0 Å². The number of hydrogen-bond acceptors (Lipinski definition) is 3. The quantitative estimate of drug-likeness (QED) is 0.811. The molecule has 0 aromatic carbocycles. The number of piperidine rings is 1. The van der Waals surface area contributed by atoms with E-state index in [0.717, 1.165) is 18.7 Å². The van der Waals surface area contributed by atoms with Crippen LogP contribution in [0, 0.1) is 11.8 Å². The molecule has 0 radical (unpaired) electrons. The first-order chi connectivity index (χ1) is 8.66. The van der Waals surface area contributed by atoms with E-state index in [0.29, 0.717) is 25.4 Å². The number of hydrogen-bond donors (Lipinski definition) is 2. The molecule has 0 saturated carbocycles. The van der Waals surface area contributed by atoms with Gasteiger partial charge in [-0.2, -0.15) is 11.8 Å². The second-order valence-corrected chi connectivity index (χ2v) is 6.19. The topological polar surface area (TPSA) is 69.6 Å². The van der Waals surface area contributed by atoms with Gasteiger partial charge in [-0.05, 0) is 36.7 Å². The van der Waals surface area contributed by atoms with E-state index in [9.17, 15) is 9.59 Å². The zero-order valence-corrected chi connectivity index (χ0v) is 11.2. The first kappa shape index (κ1) is 13.5. The Labute approximate surface area is 111 Å². The van der Waals surface area contributed by atoms with E-state index in [-0.39, 0.29) is 6.03 Å². The van der Waals surface area contributed by atoms with Gasteiger partial charge in [0.05, 0.1) is 5.92 Å². The molecule has 2 N–H and O–H groups in total. The molecule has 18 heavy (non-hydrogen) atoms. The molecule has 0 aromatic rings. The van der Waals surface area contributed by atoms with Crippen LogP contribution >= 0.6 is 11.8 Å². The first-order valence-electron chi connectivity index (χ1n) is 6.50. The van der Waals surface area contributed by atoms with Crippen molar-refractivity contribution in [2.24, 2.45) is 11.8 Å². The number of carboxylic acid groups (broad SMARTS) is 1. The minimum Gasteiger partial charge on any atom is -0.481 e. The van der Waals surface area contributed by atoms with E-state index < -0.39 is 11.9 Å². The van der Waals surface area contributed by atoms with Crippen molar-refractivity contribution in [2.45, 2.75) is 19.3 Å². The van der Waals surface area contributed by atoms with Gasteiger partial charge in [0.25, 0.3) is 0 Å². The number of nitrogens with zero attached hydrogens (tertiary/aromatic N) is 1. The van der Waals surface area contributed by atoms with E-state index in [1.54, 1.807) is 4.90 Å². The molecule has 2 saturated heterocycles. The standard InChI is InChI=1S/C12H20N2O3S/c15-11(16)10-2-1-4-14(7-10)12(17)13-6-9-3-5-18-8-9/h9-10H,1-8H2,(H,13,17)(H,15,16)/t9?,10-/m1/s1. The monoisotopic (exact) mass is 272 g/mol. The molecule has 2 atom stereocenters. The number of amides is 2. The van der Waals surface area contributed by atoms with Crippen LogP contribution in [0.4, 0.5) is 4.79 Å². The van der Waals surface area contributed by atoms with Crippen LogP contribution in [0.5, 0.6) is 0 Å². The van der Waals surface area contributed by atoms with Gasteiger partial charge >= 0.3 is 12.0 Å². The van der Waals surface area contributed by atoms with Crippen molar-refractivity contribution in [1.29, 1.82) is 0 Å². The van der Waals surface area contributed by atoms with E-state index in [4.69, 9.17) is 5.11 Å². The Morgan fingerprint density at radius 1 is 1.39 bits per heavy atom. The second-order valence-electron chi connectivity index (χ2n) is 5.04. The Morgan fingerprint density at radius 2 is 2.22 bits per heavy atom. The molecule has 2 aliphatic rings. The molecule has 2 aliphatic heterocycles. The predicted octanol–water partition coefficient (Wildman–Crippen LogP) is 1.25. The third kappa shape index (κ3) is 3.54. The van der Waals surface area contributed by atoms with Crippen molar-refractivity contribution in [3.05, 3.63) is 0 Å². The average molecular weight is 272 g/mol. The fraction of sp³-hybridized carbons (Fsp3) is 0.833. The third-order valence-corrected chi connectivity index (χ3v) is 4.86. The van der Waals surface area contributed by atoms with Gasteiger partial charge in [-0.25, -0.2) is 4.79 Å². The molecule has 102 valence electrons. The van der Waals surface area contributed by atoms with Gasteiger partial charge in [0.1, 0.15) is 0 Å². The third-order valence-electron chi connectivity index (χ3n) is 3.62. The highest BCUT2D eigenvalue weighted by molar-refractivity contribution is 7.99. The van der Waals surface area contributed by atoms with Crippen molar-refractivity contribution in [1.82, 2.24) is 10.2 Å². The average Bonchev–Trinajstić information content (AvgIpc) is 2.89. The van der Waals surface area contributed by atoms with Crippen molar-refractivity contribution >= 4 is 23.8 Å². The number of urea groups is 1.